The summed E-state index contributed by atoms with van der Waals surface area (Å²) in [7, 11) is 0. The van der Waals surface area contributed by atoms with Crippen molar-refractivity contribution >= 4 is 34.9 Å². The number of nitrogens with zero attached hydrogens (tertiary/aromatic N) is 2. The van der Waals surface area contributed by atoms with Crippen molar-refractivity contribution in [1.29, 1.82) is 0 Å². The van der Waals surface area contributed by atoms with Crippen LogP contribution in [0.15, 0.2) is 42.6 Å². The molecule has 2 N–H and O–H groups in total. The summed E-state index contributed by atoms with van der Waals surface area (Å²) in [6, 6.07) is 11.2. The first-order valence-corrected chi connectivity index (χ1v) is 9.36. The molecule has 1 aromatic heterocycles. The molecular weight excluding hydrogens is 376 g/mol. The highest BCUT2D eigenvalue weighted by Gasteiger charge is 2.55. The maximum atomic E-state index is 13.1. The molecule has 6 nitrogen and oxygen atoms in total. The summed E-state index contributed by atoms with van der Waals surface area (Å²) in [6.45, 7) is 4.03. The molecule has 0 radical (unpaired) electrons. The van der Waals surface area contributed by atoms with Crippen LogP contribution in [-0.4, -0.2) is 21.6 Å². The fourth-order valence-electron chi connectivity index (χ4n) is 4.27. The van der Waals surface area contributed by atoms with E-state index in [0.717, 1.165) is 16.8 Å². The fraction of sp³-hybridized carbons (Fsp3) is 0.190. The molecule has 5 rings (SSSR count). The minimum Gasteiger partial charge on any atom is -0.325 e. The molecule has 0 bridgehead atoms. The van der Waals surface area contributed by atoms with Crippen LogP contribution in [-0.2, 0) is 15.0 Å². The van der Waals surface area contributed by atoms with E-state index in [0.29, 0.717) is 27.7 Å². The van der Waals surface area contributed by atoms with E-state index in [2.05, 4.69) is 15.7 Å². The third kappa shape index (κ3) is 2.06. The third-order valence-corrected chi connectivity index (χ3v) is 6.11. The Morgan fingerprint density at radius 1 is 1.11 bits per heavy atom. The predicted molar refractivity (Wildman–Crippen MR) is 107 cm³/mol. The zero-order valence-corrected chi connectivity index (χ0v) is 16.1. The van der Waals surface area contributed by atoms with Gasteiger partial charge in [0.25, 0.3) is 0 Å². The summed E-state index contributed by atoms with van der Waals surface area (Å²) < 4.78 is 1.69. The quantitative estimate of drug-likeness (QED) is 0.662. The van der Waals surface area contributed by atoms with Crippen LogP contribution < -0.4 is 10.6 Å². The number of carbonyl (C=O) groups excluding carboxylic acids is 2. The number of aryl methyl sites for hydroxylation is 1. The second-order valence-electron chi connectivity index (χ2n) is 7.28. The van der Waals surface area contributed by atoms with Crippen LogP contribution in [0.3, 0.4) is 0 Å². The van der Waals surface area contributed by atoms with Crippen LogP contribution in [0, 0.1) is 13.8 Å². The highest BCUT2D eigenvalue weighted by molar-refractivity contribution is 6.33. The van der Waals surface area contributed by atoms with Gasteiger partial charge in [-0.05, 0) is 43.2 Å². The van der Waals surface area contributed by atoms with Gasteiger partial charge < -0.3 is 10.6 Å². The molecule has 28 heavy (non-hydrogen) atoms. The lowest BCUT2D eigenvalue weighted by Gasteiger charge is -2.32. The molecule has 1 spiro atoms. The fourth-order valence-corrected chi connectivity index (χ4v) is 4.61. The SMILES string of the molecule is Cc1cccc(-n2ncc3c2NC(=O)C[C@@]32C(=O)Nc3cccc(Cl)c32)c1C. The lowest BCUT2D eigenvalue weighted by atomic mass is 9.72. The number of hydrogen-bond donors (Lipinski definition) is 2. The number of carbonyl (C=O) groups is 2. The highest BCUT2D eigenvalue weighted by atomic mass is 35.5. The van der Waals surface area contributed by atoms with Crippen molar-refractivity contribution in [2.75, 3.05) is 10.6 Å². The lowest BCUT2D eigenvalue weighted by Crippen LogP contribution is -2.43. The number of hydrogen-bond acceptors (Lipinski definition) is 3. The smallest absolute Gasteiger partial charge is 0.240 e. The van der Waals surface area contributed by atoms with Gasteiger partial charge in [-0.1, -0.05) is 29.8 Å². The molecule has 7 heteroatoms. The van der Waals surface area contributed by atoms with Crippen molar-refractivity contribution in [1.82, 2.24) is 9.78 Å². The normalized spacial score (nSPS) is 20.0. The van der Waals surface area contributed by atoms with Crippen molar-refractivity contribution < 1.29 is 9.59 Å². The lowest BCUT2D eigenvalue weighted by molar-refractivity contribution is -0.125. The molecule has 0 fully saturated rings. The van der Waals surface area contributed by atoms with E-state index in [9.17, 15) is 9.59 Å². The molecule has 2 aliphatic heterocycles. The van der Waals surface area contributed by atoms with Gasteiger partial charge in [0.15, 0.2) is 0 Å². The van der Waals surface area contributed by atoms with Crippen LogP contribution in [0.5, 0.6) is 0 Å². The van der Waals surface area contributed by atoms with Crippen LogP contribution >= 0.6 is 11.6 Å². The van der Waals surface area contributed by atoms with Gasteiger partial charge in [0.05, 0.1) is 11.9 Å². The Bertz CT molecular complexity index is 1180. The predicted octanol–water partition coefficient (Wildman–Crippen LogP) is 3.72. The van der Waals surface area contributed by atoms with Crippen molar-refractivity contribution in [2.45, 2.75) is 25.7 Å². The van der Waals surface area contributed by atoms with Gasteiger partial charge in [-0.25, -0.2) is 4.68 Å². The Labute approximate surface area is 166 Å². The number of anilines is 2. The number of aromatic nitrogens is 2. The van der Waals surface area contributed by atoms with E-state index in [1.54, 1.807) is 29.1 Å². The van der Waals surface area contributed by atoms with E-state index < -0.39 is 5.41 Å². The Morgan fingerprint density at radius 2 is 1.89 bits per heavy atom. The van der Waals surface area contributed by atoms with Gasteiger partial charge in [0.2, 0.25) is 11.8 Å². The minimum atomic E-state index is -1.18. The average molecular weight is 393 g/mol. The van der Waals surface area contributed by atoms with E-state index in [4.69, 9.17) is 11.6 Å². The summed E-state index contributed by atoms with van der Waals surface area (Å²) in [5, 5.41) is 10.8. The molecule has 1 atom stereocenters. The molecule has 0 saturated carbocycles. The zero-order chi connectivity index (χ0) is 19.6. The summed E-state index contributed by atoms with van der Waals surface area (Å²) >= 11 is 6.49. The Hall–Kier alpha value is -3.12. The van der Waals surface area contributed by atoms with E-state index in [-0.39, 0.29) is 18.2 Å². The molecule has 2 aliphatic rings. The Morgan fingerprint density at radius 3 is 2.71 bits per heavy atom. The topological polar surface area (TPSA) is 76.0 Å². The molecule has 2 aromatic carbocycles. The summed E-state index contributed by atoms with van der Waals surface area (Å²) in [6.07, 6.45) is 1.65. The average Bonchev–Trinajstić information content (AvgIpc) is 3.18. The Balaban J connectivity index is 1.80. The minimum absolute atomic E-state index is 0.0128. The van der Waals surface area contributed by atoms with Crippen LogP contribution in [0.4, 0.5) is 11.5 Å². The molecule has 2 amide bonds. The molecule has 3 aromatic rings. The molecule has 3 heterocycles. The van der Waals surface area contributed by atoms with Crippen LogP contribution in [0.1, 0.15) is 28.7 Å². The number of fused-ring (bicyclic) bond motifs is 4. The first kappa shape index (κ1) is 17.0. The van der Waals surface area contributed by atoms with Crippen molar-refractivity contribution in [2.24, 2.45) is 0 Å². The van der Waals surface area contributed by atoms with E-state index in [1.807, 2.05) is 32.0 Å². The standard InChI is InChI=1S/C21H17ClN4O2/c1-11-5-3-8-16(12(11)2)26-19-13(10-23-26)21(9-17(27)25-19)18-14(22)6-4-7-15(18)24-20(21)28/h3-8,10H,9H2,1-2H3,(H,24,28)(H,25,27)/t21-/m1/s1. The van der Waals surface area contributed by atoms with Crippen molar-refractivity contribution in [3.8, 4) is 5.69 Å². The van der Waals surface area contributed by atoms with Crippen LogP contribution in [0.25, 0.3) is 5.69 Å². The van der Waals surface area contributed by atoms with E-state index in [1.165, 1.54) is 0 Å². The molecule has 0 aliphatic carbocycles. The van der Waals surface area contributed by atoms with Crippen molar-refractivity contribution in [3.05, 3.63) is 69.9 Å². The van der Waals surface area contributed by atoms with Crippen molar-refractivity contribution in [3.63, 3.8) is 0 Å². The zero-order valence-electron chi connectivity index (χ0n) is 15.3. The molecular formula is C21H17ClN4O2. The highest BCUT2D eigenvalue weighted by Crippen LogP contribution is 2.52. The van der Waals surface area contributed by atoms with Gasteiger partial charge in [-0.2, -0.15) is 5.10 Å². The number of amides is 2. The van der Waals surface area contributed by atoms with E-state index >= 15 is 0 Å². The second kappa shape index (κ2) is 5.69. The summed E-state index contributed by atoms with van der Waals surface area (Å²) in [5.74, 6) is 0.00237. The summed E-state index contributed by atoms with van der Waals surface area (Å²) in [5.41, 5.74) is 3.77. The molecule has 0 saturated heterocycles. The van der Waals surface area contributed by atoms with Gasteiger partial charge in [0.1, 0.15) is 11.2 Å². The monoisotopic (exact) mass is 392 g/mol. The number of nitrogens with one attached hydrogen (secondary N) is 2. The maximum absolute atomic E-state index is 13.1. The van der Waals surface area contributed by atoms with Gasteiger partial charge in [0, 0.05) is 28.3 Å². The largest absolute Gasteiger partial charge is 0.325 e. The number of benzene rings is 2. The van der Waals surface area contributed by atoms with Crippen LogP contribution in [0.2, 0.25) is 5.02 Å². The Kier molecular flexibility index (Phi) is 3.46. The number of halogens is 1. The van der Waals surface area contributed by atoms with Gasteiger partial charge >= 0.3 is 0 Å². The maximum Gasteiger partial charge on any atom is 0.240 e. The third-order valence-electron chi connectivity index (χ3n) is 5.79. The molecule has 140 valence electrons. The first-order valence-electron chi connectivity index (χ1n) is 8.99. The molecule has 0 unspecified atom stereocenters. The first-order chi connectivity index (χ1) is 13.4. The number of rotatable bonds is 1. The van der Waals surface area contributed by atoms with Gasteiger partial charge in [-0.15, -0.1) is 0 Å². The second-order valence-corrected chi connectivity index (χ2v) is 7.69. The summed E-state index contributed by atoms with van der Waals surface area (Å²) in [4.78, 5) is 25.9. The van der Waals surface area contributed by atoms with Gasteiger partial charge in [-0.3, -0.25) is 9.59 Å².